The van der Waals surface area contributed by atoms with Crippen LogP contribution in [0.5, 0.6) is 5.75 Å². The summed E-state index contributed by atoms with van der Waals surface area (Å²) in [4.78, 5) is 0. The molecule has 0 amide bonds. The van der Waals surface area contributed by atoms with Crippen molar-refractivity contribution >= 4 is 6.40 Å². The molecule has 1 aromatic carbocycles. The van der Waals surface area contributed by atoms with Gasteiger partial charge < -0.3 is 4.74 Å². The maximum absolute atomic E-state index is 5.27. The van der Waals surface area contributed by atoms with Gasteiger partial charge in [0, 0.05) is 0 Å². The lowest BCUT2D eigenvalue weighted by Crippen LogP contribution is -2.04. The Balaban J connectivity index is 2.59. The van der Waals surface area contributed by atoms with Crippen molar-refractivity contribution in [2.75, 3.05) is 14.1 Å². The summed E-state index contributed by atoms with van der Waals surface area (Å²) in [5.74, 6) is 0.862. The van der Waals surface area contributed by atoms with E-state index in [0.29, 0.717) is 0 Å². The van der Waals surface area contributed by atoms with Gasteiger partial charge in [0.25, 0.3) is 0 Å². The van der Waals surface area contributed by atoms with Crippen LogP contribution in [0.25, 0.3) is 0 Å². The first-order valence-electron chi connectivity index (χ1n) is 3.50. The molecule has 0 radical (unpaired) electrons. The van der Waals surface area contributed by atoms with Crippen LogP contribution in [0.2, 0.25) is 0 Å². The Labute approximate surface area is 66.7 Å². The standard InChI is InChI=1S/C9H12NO/c1-10(2)8-11-9-6-4-3-5-7-9/h3-8H,1-2H3/q+1. The molecule has 1 rings (SSSR count). The second-order valence-electron chi connectivity index (χ2n) is 2.50. The Morgan fingerprint density at radius 3 is 2.36 bits per heavy atom. The molecule has 0 saturated carbocycles. The van der Waals surface area contributed by atoms with Crippen molar-refractivity contribution in [3.8, 4) is 5.75 Å². The van der Waals surface area contributed by atoms with Gasteiger partial charge in [-0.05, 0) is 12.1 Å². The van der Waals surface area contributed by atoms with E-state index in [1.165, 1.54) is 0 Å². The van der Waals surface area contributed by atoms with Crippen molar-refractivity contribution in [3.63, 3.8) is 0 Å². The van der Waals surface area contributed by atoms with Crippen LogP contribution >= 0.6 is 0 Å². The monoisotopic (exact) mass is 150 g/mol. The first-order chi connectivity index (χ1) is 5.29. The highest BCUT2D eigenvalue weighted by molar-refractivity contribution is 5.46. The highest BCUT2D eigenvalue weighted by Gasteiger charge is 1.88. The van der Waals surface area contributed by atoms with Crippen molar-refractivity contribution in [2.45, 2.75) is 0 Å². The lowest BCUT2D eigenvalue weighted by molar-refractivity contribution is -0.466. The first kappa shape index (κ1) is 7.79. The van der Waals surface area contributed by atoms with Gasteiger partial charge in [-0.3, -0.25) is 0 Å². The summed E-state index contributed by atoms with van der Waals surface area (Å²) in [5.41, 5.74) is 0. The largest absolute Gasteiger partial charge is 0.411 e. The predicted molar refractivity (Wildman–Crippen MR) is 45.2 cm³/mol. The van der Waals surface area contributed by atoms with E-state index in [9.17, 15) is 0 Å². The number of benzene rings is 1. The van der Waals surface area contributed by atoms with Crippen molar-refractivity contribution in [1.29, 1.82) is 0 Å². The fourth-order valence-corrected chi connectivity index (χ4v) is 0.665. The molecular formula is C9H12NO+. The molecule has 0 aliphatic carbocycles. The lowest BCUT2D eigenvalue weighted by Gasteiger charge is -1.94. The molecule has 58 valence electrons. The van der Waals surface area contributed by atoms with E-state index in [0.717, 1.165) is 5.75 Å². The van der Waals surface area contributed by atoms with E-state index in [4.69, 9.17) is 4.74 Å². The summed E-state index contributed by atoms with van der Waals surface area (Å²) in [6.07, 6.45) is 1.66. The van der Waals surface area contributed by atoms with Crippen LogP contribution < -0.4 is 4.74 Å². The summed E-state index contributed by atoms with van der Waals surface area (Å²) in [5, 5.41) is 0. The maximum atomic E-state index is 5.27. The van der Waals surface area contributed by atoms with Gasteiger partial charge in [-0.1, -0.05) is 18.2 Å². The van der Waals surface area contributed by atoms with Crippen LogP contribution in [0.15, 0.2) is 30.3 Å². The molecule has 0 heterocycles. The van der Waals surface area contributed by atoms with E-state index < -0.39 is 0 Å². The van der Waals surface area contributed by atoms with Crippen molar-refractivity contribution in [3.05, 3.63) is 30.3 Å². The molecule has 0 bridgehead atoms. The van der Waals surface area contributed by atoms with Gasteiger partial charge in [0.15, 0.2) is 0 Å². The number of rotatable bonds is 2. The number of hydrogen-bond donors (Lipinski definition) is 0. The first-order valence-corrected chi connectivity index (χ1v) is 3.50. The zero-order valence-corrected chi connectivity index (χ0v) is 6.82. The van der Waals surface area contributed by atoms with Gasteiger partial charge in [0.05, 0.1) is 0 Å². The highest BCUT2D eigenvalue weighted by atomic mass is 16.5. The van der Waals surface area contributed by atoms with E-state index >= 15 is 0 Å². The average Bonchev–Trinajstić information content (AvgIpc) is 2.03. The number of hydrogen-bond acceptors (Lipinski definition) is 1. The Bertz CT molecular complexity index is 237. The summed E-state index contributed by atoms with van der Waals surface area (Å²) in [7, 11) is 3.84. The minimum atomic E-state index is 0.862. The fraction of sp³-hybridized carbons (Fsp3) is 0.222. The minimum absolute atomic E-state index is 0.862. The third-order valence-electron chi connectivity index (χ3n) is 1.14. The molecule has 0 spiro atoms. The molecule has 0 saturated heterocycles. The second kappa shape index (κ2) is 3.76. The molecule has 11 heavy (non-hydrogen) atoms. The van der Waals surface area contributed by atoms with Crippen LogP contribution in [0, 0.1) is 0 Å². The molecule has 1 aromatic rings. The molecule has 0 fully saturated rings. The number of para-hydroxylation sites is 1. The Morgan fingerprint density at radius 1 is 1.18 bits per heavy atom. The van der Waals surface area contributed by atoms with Crippen molar-refractivity contribution in [1.82, 2.24) is 0 Å². The van der Waals surface area contributed by atoms with Crippen LogP contribution in [-0.2, 0) is 0 Å². The fourth-order valence-electron chi connectivity index (χ4n) is 0.665. The molecule has 2 nitrogen and oxygen atoms in total. The van der Waals surface area contributed by atoms with Crippen molar-refractivity contribution in [2.24, 2.45) is 0 Å². The highest BCUT2D eigenvalue weighted by Crippen LogP contribution is 2.06. The molecule has 0 unspecified atom stereocenters. The van der Waals surface area contributed by atoms with E-state index in [-0.39, 0.29) is 0 Å². The number of ether oxygens (including phenoxy) is 1. The smallest absolute Gasteiger partial charge is 0.328 e. The minimum Gasteiger partial charge on any atom is -0.411 e. The molecular weight excluding hydrogens is 138 g/mol. The van der Waals surface area contributed by atoms with Crippen LogP contribution in [0.4, 0.5) is 0 Å². The molecule has 0 atom stereocenters. The Kier molecular flexibility index (Phi) is 2.66. The van der Waals surface area contributed by atoms with Gasteiger partial charge >= 0.3 is 6.40 Å². The Morgan fingerprint density at radius 2 is 1.82 bits per heavy atom. The molecule has 0 aromatic heterocycles. The van der Waals surface area contributed by atoms with E-state index in [1.54, 1.807) is 6.40 Å². The van der Waals surface area contributed by atoms with Gasteiger partial charge in [0.1, 0.15) is 19.8 Å². The summed E-state index contributed by atoms with van der Waals surface area (Å²) in [6.45, 7) is 0. The van der Waals surface area contributed by atoms with Gasteiger partial charge in [-0.25, -0.2) is 4.58 Å². The van der Waals surface area contributed by atoms with Gasteiger partial charge in [-0.2, -0.15) is 0 Å². The van der Waals surface area contributed by atoms with Crippen LogP contribution in [0.3, 0.4) is 0 Å². The molecule has 2 heteroatoms. The van der Waals surface area contributed by atoms with Gasteiger partial charge in [-0.15, -0.1) is 0 Å². The second-order valence-corrected chi connectivity index (χ2v) is 2.50. The summed E-state index contributed by atoms with van der Waals surface area (Å²) < 4.78 is 7.12. The zero-order chi connectivity index (χ0) is 8.10. The van der Waals surface area contributed by atoms with Crippen molar-refractivity contribution < 1.29 is 9.31 Å². The topological polar surface area (TPSA) is 12.2 Å². The molecule has 0 N–H and O–H groups in total. The number of nitrogens with zero attached hydrogens (tertiary/aromatic N) is 1. The van der Waals surface area contributed by atoms with E-state index in [1.807, 2.05) is 49.0 Å². The average molecular weight is 150 g/mol. The Hall–Kier alpha value is -1.31. The zero-order valence-electron chi connectivity index (χ0n) is 6.82. The molecule has 0 aliphatic rings. The molecule has 0 aliphatic heterocycles. The third kappa shape index (κ3) is 2.85. The van der Waals surface area contributed by atoms with Crippen LogP contribution in [0.1, 0.15) is 0 Å². The quantitative estimate of drug-likeness (QED) is 0.352. The predicted octanol–water partition coefficient (Wildman–Crippen LogP) is 1.37. The lowest BCUT2D eigenvalue weighted by atomic mass is 10.3. The summed E-state index contributed by atoms with van der Waals surface area (Å²) >= 11 is 0. The van der Waals surface area contributed by atoms with Gasteiger partial charge in [0.2, 0.25) is 0 Å². The summed E-state index contributed by atoms with van der Waals surface area (Å²) in [6, 6.07) is 9.68. The SMILES string of the molecule is C[N+](C)=COc1ccccc1. The maximum Gasteiger partial charge on any atom is 0.328 e. The van der Waals surface area contributed by atoms with Crippen LogP contribution in [-0.4, -0.2) is 25.1 Å². The third-order valence-corrected chi connectivity index (χ3v) is 1.14. The normalized spacial score (nSPS) is 8.91. The van der Waals surface area contributed by atoms with E-state index in [2.05, 4.69) is 0 Å².